The van der Waals surface area contributed by atoms with Crippen LogP contribution in [0.4, 0.5) is 0 Å². The van der Waals surface area contributed by atoms with Crippen molar-refractivity contribution in [2.24, 2.45) is 11.7 Å². The molecule has 1 heterocycles. The van der Waals surface area contributed by atoms with Gasteiger partial charge in [-0.3, -0.25) is 4.90 Å². The molecule has 2 unspecified atom stereocenters. The van der Waals surface area contributed by atoms with Gasteiger partial charge in [-0.2, -0.15) is 0 Å². The molecule has 0 bridgehead atoms. The van der Waals surface area contributed by atoms with Gasteiger partial charge in [-0.15, -0.1) is 0 Å². The molecule has 0 aromatic heterocycles. The fourth-order valence-corrected chi connectivity index (χ4v) is 1.64. The lowest BCUT2D eigenvalue weighted by Gasteiger charge is -2.52. The summed E-state index contributed by atoms with van der Waals surface area (Å²) in [6.45, 7) is 9.80. The Bertz CT molecular complexity index is 174. The zero-order valence-corrected chi connectivity index (χ0v) is 9.12. The molecule has 3 nitrogen and oxygen atoms in total. The molecule has 1 rings (SSSR count). The van der Waals surface area contributed by atoms with E-state index in [2.05, 4.69) is 25.7 Å². The van der Waals surface area contributed by atoms with Crippen LogP contribution in [0.25, 0.3) is 0 Å². The summed E-state index contributed by atoms with van der Waals surface area (Å²) >= 11 is 0. The van der Waals surface area contributed by atoms with Crippen molar-refractivity contribution in [2.45, 2.75) is 45.4 Å². The number of hydrogen-bond acceptors (Lipinski definition) is 3. The van der Waals surface area contributed by atoms with Gasteiger partial charge in [-0.05, 0) is 19.8 Å². The monoisotopic (exact) mass is 186 g/mol. The predicted molar refractivity (Wildman–Crippen MR) is 54.5 cm³/mol. The number of nitrogens with zero attached hydrogens (tertiary/aromatic N) is 1. The van der Waals surface area contributed by atoms with Crippen molar-refractivity contribution < 1.29 is 5.11 Å². The maximum Gasteiger partial charge on any atom is 0.0923 e. The highest BCUT2D eigenvalue weighted by molar-refractivity contribution is 5.00. The van der Waals surface area contributed by atoms with Crippen LogP contribution in [0, 0.1) is 5.92 Å². The van der Waals surface area contributed by atoms with Gasteiger partial charge in [0.1, 0.15) is 0 Å². The van der Waals surface area contributed by atoms with Crippen molar-refractivity contribution in [2.75, 3.05) is 13.1 Å². The molecule has 0 saturated carbocycles. The van der Waals surface area contributed by atoms with E-state index in [1.807, 2.05) is 6.92 Å². The SMILES string of the molecule is CC(N)C(C)N1CC(O)(C(C)C)C1. The molecule has 13 heavy (non-hydrogen) atoms. The highest BCUT2D eigenvalue weighted by Crippen LogP contribution is 2.30. The summed E-state index contributed by atoms with van der Waals surface area (Å²) in [6.07, 6.45) is 0. The Balaban J connectivity index is 2.40. The first kappa shape index (κ1) is 11.0. The number of rotatable bonds is 3. The van der Waals surface area contributed by atoms with Gasteiger partial charge < -0.3 is 10.8 Å². The van der Waals surface area contributed by atoms with E-state index in [0.717, 1.165) is 13.1 Å². The van der Waals surface area contributed by atoms with E-state index in [1.165, 1.54) is 0 Å². The topological polar surface area (TPSA) is 49.5 Å². The van der Waals surface area contributed by atoms with Crippen molar-refractivity contribution in [1.29, 1.82) is 0 Å². The zero-order chi connectivity index (χ0) is 10.2. The number of aliphatic hydroxyl groups is 1. The van der Waals surface area contributed by atoms with Crippen molar-refractivity contribution >= 4 is 0 Å². The summed E-state index contributed by atoms with van der Waals surface area (Å²) in [6, 6.07) is 0.552. The van der Waals surface area contributed by atoms with Crippen LogP contribution in [0.3, 0.4) is 0 Å². The molecule has 1 fully saturated rings. The Labute approximate surface area is 80.9 Å². The van der Waals surface area contributed by atoms with Gasteiger partial charge in [0.25, 0.3) is 0 Å². The van der Waals surface area contributed by atoms with Crippen LogP contribution in [-0.4, -0.2) is 40.8 Å². The lowest BCUT2D eigenvalue weighted by atomic mass is 9.81. The first-order valence-electron chi connectivity index (χ1n) is 5.09. The van der Waals surface area contributed by atoms with E-state index >= 15 is 0 Å². The normalized spacial score (nSPS) is 27.0. The maximum absolute atomic E-state index is 10.0. The quantitative estimate of drug-likeness (QED) is 0.672. The minimum Gasteiger partial charge on any atom is -0.387 e. The second-order valence-electron chi connectivity index (χ2n) is 4.76. The van der Waals surface area contributed by atoms with Crippen molar-refractivity contribution in [3.05, 3.63) is 0 Å². The fourth-order valence-electron chi connectivity index (χ4n) is 1.64. The van der Waals surface area contributed by atoms with Crippen molar-refractivity contribution in [3.8, 4) is 0 Å². The lowest BCUT2D eigenvalue weighted by Crippen LogP contribution is -2.68. The largest absolute Gasteiger partial charge is 0.387 e. The minimum absolute atomic E-state index is 0.178. The summed E-state index contributed by atoms with van der Waals surface area (Å²) < 4.78 is 0. The smallest absolute Gasteiger partial charge is 0.0923 e. The molecule has 0 aromatic carbocycles. The van der Waals surface area contributed by atoms with Gasteiger partial charge in [0.2, 0.25) is 0 Å². The summed E-state index contributed by atoms with van der Waals surface area (Å²) in [7, 11) is 0. The van der Waals surface area contributed by atoms with Crippen LogP contribution in [-0.2, 0) is 0 Å². The van der Waals surface area contributed by atoms with Gasteiger partial charge in [0, 0.05) is 25.2 Å². The highest BCUT2D eigenvalue weighted by Gasteiger charge is 2.45. The first-order chi connectivity index (χ1) is 5.87. The van der Waals surface area contributed by atoms with E-state index in [1.54, 1.807) is 0 Å². The third-order valence-corrected chi connectivity index (χ3v) is 3.37. The number of nitrogens with two attached hydrogens (primary N) is 1. The fraction of sp³-hybridized carbons (Fsp3) is 1.00. The molecule has 0 aliphatic carbocycles. The predicted octanol–water partition coefficient (Wildman–Crippen LogP) is 0.425. The summed E-state index contributed by atoms with van der Waals surface area (Å²) in [5.41, 5.74) is 5.32. The van der Waals surface area contributed by atoms with Gasteiger partial charge in [-0.1, -0.05) is 13.8 Å². The van der Waals surface area contributed by atoms with E-state index in [0.29, 0.717) is 12.0 Å². The standard InChI is InChI=1S/C10H22N2O/c1-7(2)10(13)5-12(6-10)9(4)8(3)11/h7-9,13H,5-6,11H2,1-4H3. The lowest BCUT2D eigenvalue weighted by molar-refractivity contribution is -0.142. The highest BCUT2D eigenvalue weighted by atomic mass is 16.3. The summed E-state index contributed by atoms with van der Waals surface area (Å²) in [5.74, 6) is 0.337. The summed E-state index contributed by atoms with van der Waals surface area (Å²) in [4.78, 5) is 2.24. The van der Waals surface area contributed by atoms with E-state index in [9.17, 15) is 5.11 Å². The minimum atomic E-state index is -0.469. The van der Waals surface area contributed by atoms with Crippen molar-refractivity contribution in [3.63, 3.8) is 0 Å². The zero-order valence-electron chi connectivity index (χ0n) is 9.12. The van der Waals surface area contributed by atoms with Crippen LogP contribution in [0.1, 0.15) is 27.7 Å². The molecule has 1 aliphatic heterocycles. The molecule has 1 saturated heterocycles. The third-order valence-electron chi connectivity index (χ3n) is 3.37. The Hall–Kier alpha value is -0.120. The molecule has 0 aromatic rings. The van der Waals surface area contributed by atoms with Crippen LogP contribution >= 0.6 is 0 Å². The van der Waals surface area contributed by atoms with Crippen LogP contribution < -0.4 is 5.73 Å². The van der Waals surface area contributed by atoms with Crippen LogP contribution in [0.15, 0.2) is 0 Å². The average Bonchev–Trinajstić information content (AvgIpc) is 1.96. The molecular formula is C10H22N2O. The number of hydrogen-bond donors (Lipinski definition) is 2. The molecule has 2 atom stereocenters. The average molecular weight is 186 g/mol. The Kier molecular flexibility index (Phi) is 3.00. The third kappa shape index (κ3) is 2.03. The number of likely N-dealkylation sites (tertiary alicyclic amines) is 1. The summed E-state index contributed by atoms with van der Waals surface area (Å²) in [5, 5.41) is 10.0. The van der Waals surface area contributed by atoms with Gasteiger partial charge in [0.15, 0.2) is 0 Å². The Morgan fingerprint density at radius 3 is 2.00 bits per heavy atom. The van der Waals surface area contributed by atoms with Gasteiger partial charge >= 0.3 is 0 Å². The Morgan fingerprint density at radius 1 is 1.23 bits per heavy atom. The van der Waals surface area contributed by atoms with E-state index in [-0.39, 0.29) is 6.04 Å². The van der Waals surface area contributed by atoms with Gasteiger partial charge in [-0.25, -0.2) is 0 Å². The second kappa shape index (κ2) is 3.56. The van der Waals surface area contributed by atoms with E-state index < -0.39 is 5.60 Å². The molecule has 0 spiro atoms. The molecule has 1 aliphatic rings. The molecular weight excluding hydrogens is 164 g/mol. The molecule has 3 N–H and O–H groups in total. The van der Waals surface area contributed by atoms with Crippen LogP contribution in [0.2, 0.25) is 0 Å². The maximum atomic E-state index is 10.0. The molecule has 0 radical (unpaired) electrons. The first-order valence-corrected chi connectivity index (χ1v) is 5.09. The molecule has 3 heteroatoms. The van der Waals surface area contributed by atoms with Crippen molar-refractivity contribution in [1.82, 2.24) is 4.90 Å². The second-order valence-corrected chi connectivity index (χ2v) is 4.76. The van der Waals surface area contributed by atoms with Crippen LogP contribution in [0.5, 0.6) is 0 Å². The molecule has 78 valence electrons. The Morgan fingerprint density at radius 2 is 1.69 bits per heavy atom. The molecule has 0 amide bonds. The van der Waals surface area contributed by atoms with E-state index in [4.69, 9.17) is 5.73 Å². The number of β-amino-alcohol motifs (C(OH)–C–C–N with tert-alkyl or cyclic N) is 1. The van der Waals surface area contributed by atoms with Gasteiger partial charge in [0.05, 0.1) is 5.60 Å².